The van der Waals surface area contributed by atoms with Crippen molar-refractivity contribution in [1.29, 1.82) is 0 Å². The number of carbonyl (C=O) groups is 1. The molecule has 0 radical (unpaired) electrons. The molecule has 8 nitrogen and oxygen atoms in total. The summed E-state index contributed by atoms with van der Waals surface area (Å²) >= 11 is 1.40. The van der Waals surface area contributed by atoms with Crippen LogP contribution in [0.4, 0.5) is 4.39 Å². The van der Waals surface area contributed by atoms with Crippen molar-refractivity contribution in [1.82, 2.24) is 35.1 Å². The van der Waals surface area contributed by atoms with Crippen molar-refractivity contribution in [2.75, 3.05) is 0 Å². The smallest absolute Gasteiger partial charge is 0.184 e. The first-order chi connectivity index (χ1) is 16.5. The molecule has 6 aromatic rings. The number of fused-ring (bicyclic) bond motifs is 2. The fourth-order valence-electron chi connectivity index (χ4n) is 3.96. The minimum absolute atomic E-state index is 0.0124. The van der Waals surface area contributed by atoms with Gasteiger partial charge in [-0.3, -0.25) is 14.9 Å². The van der Waals surface area contributed by atoms with Gasteiger partial charge in [0.2, 0.25) is 0 Å². The molecule has 6 heterocycles. The van der Waals surface area contributed by atoms with Gasteiger partial charge in [-0.05, 0) is 43.7 Å². The monoisotopic (exact) mass is 469 g/mol. The van der Waals surface area contributed by atoms with Crippen molar-refractivity contribution in [3.63, 3.8) is 0 Å². The number of pyridine rings is 3. The van der Waals surface area contributed by atoms with Gasteiger partial charge in [0.05, 0.1) is 15.8 Å². The van der Waals surface area contributed by atoms with E-state index in [9.17, 15) is 4.79 Å². The van der Waals surface area contributed by atoms with Crippen LogP contribution in [0.2, 0.25) is 0 Å². The van der Waals surface area contributed by atoms with E-state index in [4.69, 9.17) is 0 Å². The van der Waals surface area contributed by atoms with E-state index in [2.05, 4.69) is 35.1 Å². The van der Waals surface area contributed by atoms with Gasteiger partial charge in [0.1, 0.15) is 11.5 Å². The minimum Gasteiger partial charge on any atom is -0.335 e. The maximum absolute atomic E-state index is 15.8. The van der Waals surface area contributed by atoms with Crippen LogP contribution in [0.1, 0.15) is 22.2 Å². The average Bonchev–Trinajstić information content (AvgIpc) is 3.57. The fraction of sp³-hybridized carbons (Fsp3) is 0.0833. The predicted octanol–water partition coefficient (Wildman–Crippen LogP) is 5.34. The van der Waals surface area contributed by atoms with Gasteiger partial charge in [0.25, 0.3) is 0 Å². The molecule has 0 spiro atoms. The second kappa shape index (κ2) is 7.63. The third-order valence-electron chi connectivity index (χ3n) is 5.70. The number of aromatic nitrogens is 7. The Bertz CT molecular complexity index is 1730. The molecule has 0 aliphatic rings. The zero-order valence-corrected chi connectivity index (χ0v) is 18.9. The summed E-state index contributed by atoms with van der Waals surface area (Å²) in [7, 11) is 0. The highest BCUT2D eigenvalue weighted by Crippen LogP contribution is 2.36. The first kappa shape index (κ1) is 20.3. The van der Waals surface area contributed by atoms with Crippen LogP contribution in [0.25, 0.3) is 55.3 Å². The maximum atomic E-state index is 15.8. The first-order valence-electron chi connectivity index (χ1n) is 10.4. The number of hydrogen-bond acceptors (Lipinski definition) is 7. The van der Waals surface area contributed by atoms with Gasteiger partial charge in [-0.1, -0.05) is 0 Å². The number of nitrogens with one attached hydrogen (secondary N) is 2. The number of thiophene rings is 1. The van der Waals surface area contributed by atoms with E-state index in [0.717, 1.165) is 16.0 Å². The lowest BCUT2D eigenvalue weighted by atomic mass is 10.0. The number of halogens is 1. The average molecular weight is 470 g/mol. The molecule has 0 fully saturated rings. The summed E-state index contributed by atoms with van der Waals surface area (Å²) < 4.78 is 15.8. The summed E-state index contributed by atoms with van der Waals surface area (Å²) in [5, 5.41) is 7.28. The lowest BCUT2D eigenvalue weighted by molar-refractivity contribution is 0.102. The Balaban J connectivity index is 1.53. The third kappa shape index (κ3) is 3.11. The first-order valence-corrected chi connectivity index (χ1v) is 11.2. The number of aryl methyl sites for hydroxylation is 1. The second-order valence-corrected chi connectivity index (χ2v) is 8.92. The van der Waals surface area contributed by atoms with E-state index >= 15 is 4.39 Å². The molecule has 10 heteroatoms. The molecule has 0 saturated heterocycles. The molecule has 0 saturated carbocycles. The Hall–Kier alpha value is -4.31. The summed E-state index contributed by atoms with van der Waals surface area (Å²) in [6.07, 6.45) is 6.41. The fourth-order valence-corrected chi connectivity index (χ4v) is 4.90. The molecule has 0 aromatic carbocycles. The zero-order chi connectivity index (χ0) is 23.4. The van der Waals surface area contributed by atoms with E-state index in [0.29, 0.717) is 38.7 Å². The molecule has 0 aliphatic carbocycles. The van der Waals surface area contributed by atoms with E-state index in [1.807, 2.05) is 25.1 Å². The highest BCUT2D eigenvalue weighted by Gasteiger charge is 2.22. The van der Waals surface area contributed by atoms with Gasteiger partial charge < -0.3 is 4.98 Å². The van der Waals surface area contributed by atoms with Crippen LogP contribution in [-0.2, 0) is 0 Å². The quantitative estimate of drug-likeness (QED) is 0.337. The number of H-pyrrole nitrogens is 2. The van der Waals surface area contributed by atoms with Gasteiger partial charge in [0, 0.05) is 46.4 Å². The molecular weight excluding hydrogens is 453 g/mol. The van der Waals surface area contributed by atoms with Crippen molar-refractivity contribution in [3.8, 4) is 33.1 Å². The summed E-state index contributed by atoms with van der Waals surface area (Å²) in [5.41, 5.74) is 4.53. The molecule has 166 valence electrons. The summed E-state index contributed by atoms with van der Waals surface area (Å²) in [5.74, 6) is -0.0530. The van der Waals surface area contributed by atoms with Crippen LogP contribution < -0.4 is 0 Å². The lowest BCUT2D eigenvalue weighted by Crippen LogP contribution is -1.93. The molecule has 34 heavy (non-hydrogen) atoms. The van der Waals surface area contributed by atoms with Crippen LogP contribution in [-0.4, -0.2) is 40.9 Å². The number of hydrogen-bond donors (Lipinski definition) is 2. The SMILES string of the molecule is CC(=O)c1ccc(-c2ccnc3nc(-c4[nH]nc5ncc(-c6cnccc6C)c(F)c45)[nH]c23)s1. The molecule has 0 bridgehead atoms. The Kier molecular flexibility index (Phi) is 4.56. The maximum Gasteiger partial charge on any atom is 0.184 e. The van der Waals surface area contributed by atoms with Crippen molar-refractivity contribution >= 4 is 39.3 Å². The number of aromatic amines is 2. The van der Waals surface area contributed by atoms with Crippen LogP contribution in [0.5, 0.6) is 0 Å². The number of ketones is 1. The molecule has 0 atom stereocenters. The number of Topliss-reactive ketones (excluding diaryl/α,β-unsaturated/α-hetero) is 1. The van der Waals surface area contributed by atoms with Crippen molar-refractivity contribution < 1.29 is 9.18 Å². The Morgan fingerprint density at radius 1 is 1.00 bits per heavy atom. The Morgan fingerprint density at radius 2 is 1.88 bits per heavy atom. The summed E-state index contributed by atoms with van der Waals surface area (Å²) in [4.78, 5) is 34.0. The summed E-state index contributed by atoms with van der Waals surface area (Å²) in [6.45, 7) is 3.44. The van der Waals surface area contributed by atoms with Gasteiger partial charge in [-0.2, -0.15) is 5.10 Å². The van der Waals surface area contributed by atoms with E-state index in [-0.39, 0.29) is 16.8 Å². The number of imidazole rings is 1. The highest BCUT2D eigenvalue weighted by molar-refractivity contribution is 7.17. The second-order valence-electron chi connectivity index (χ2n) is 7.84. The number of carbonyl (C=O) groups excluding carboxylic acids is 1. The van der Waals surface area contributed by atoms with E-state index < -0.39 is 5.82 Å². The van der Waals surface area contributed by atoms with Gasteiger partial charge in [0.15, 0.2) is 22.9 Å². The van der Waals surface area contributed by atoms with Crippen molar-refractivity contribution in [2.24, 2.45) is 0 Å². The van der Waals surface area contributed by atoms with Gasteiger partial charge >= 0.3 is 0 Å². The molecule has 0 aliphatic heterocycles. The highest BCUT2D eigenvalue weighted by atomic mass is 32.1. The molecule has 6 rings (SSSR count). The molecule has 2 N–H and O–H groups in total. The van der Waals surface area contributed by atoms with E-state index in [1.54, 1.807) is 31.6 Å². The lowest BCUT2D eigenvalue weighted by Gasteiger charge is -2.06. The van der Waals surface area contributed by atoms with Crippen LogP contribution in [0.3, 0.4) is 0 Å². The van der Waals surface area contributed by atoms with E-state index in [1.165, 1.54) is 17.5 Å². The Labute approximate surface area is 196 Å². The number of nitrogens with zero attached hydrogens (tertiary/aromatic N) is 5. The van der Waals surface area contributed by atoms with Crippen LogP contribution in [0.15, 0.2) is 49.1 Å². The molecular formula is C24H16FN7OS. The largest absolute Gasteiger partial charge is 0.335 e. The molecule has 0 amide bonds. The Morgan fingerprint density at radius 3 is 2.68 bits per heavy atom. The summed E-state index contributed by atoms with van der Waals surface area (Å²) in [6, 6.07) is 7.38. The van der Waals surface area contributed by atoms with Crippen LogP contribution >= 0.6 is 11.3 Å². The number of rotatable bonds is 4. The standard InChI is InChI=1S/C24H16FN7OS/c1-11-5-7-26-9-14(11)15-10-28-22-18(19(15)25)21(31-32-22)24-29-20-13(6-8-27-23(20)30-24)17-4-3-16(34-17)12(2)33/h3-10H,1-2H3,(H,27,29,30)(H,28,31,32). The third-order valence-corrected chi connectivity index (χ3v) is 6.92. The van der Waals surface area contributed by atoms with Gasteiger partial charge in [-0.15, -0.1) is 11.3 Å². The van der Waals surface area contributed by atoms with Crippen LogP contribution in [0, 0.1) is 12.7 Å². The molecule has 0 unspecified atom stereocenters. The molecule has 6 aromatic heterocycles. The topological polar surface area (TPSA) is 113 Å². The predicted molar refractivity (Wildman–Crippen MR) is 128 cm³/mol. The van der Waals surface area contributed by atoms with Gasteiger partial charge in [-0.25, -0.2) is 19.3 Å². The normalized spacial score (nSPS) is 11.5. The van der Waals surface area contributed by atoms with Crippen molar-refractivity contribution in [3.05, 3.63) is 65.3 Å². The van der Waals surface area contributed by atoms with Crippen molar-refractivity contribution in [2.45, 2.75) is 13.8 Å². The minimum atomic E-state index is -0.456. The zero-order valence-electron chi connectivity index (χ0n) is 18.0.